The van der Waals surface area contributed by atoms with E-state index in [0.717, 1.165) is 0 Å². The Labute approximate surface area is 134 Å². The van der Waals surface area contributed by atoms with Gasteiger partial charge in [-0.25, -0.2) is 0 Å². The molecule has 0 aliphatic heterocycles. The Morgan fingerprint density at radius 1 is 1.13 bits per heavy atom. The second-order valence-electron chi connectivity index (χ2n) is 4.84. The number of azo groups is 1. The number of ether oxygens (including phenoxy) is 1. The maximum absolute atomic E-state index is 11.5. The van der Waals surface area contributed by atoms with Gasteiger partial charge in [0, 0.05) is 17.3 Å². The van der Waals surface area contributed by atoms with E-state index in [4.69, 9.17) is 4.74 Å². The third-order valence-corrected chi connectivity index (χ3v) is 2.96. The van der Waals surface area contributed by atoms with Gasteiger partial charge in [-0.2, -0.15) is 10.2 Å². The highest BCUT2D eigenvalue weighted by Gasteiger charge is 2.03. The van der Waals surface area contributed by atoms with Crippen LogP contribution in [0.25, 0.3) is 0 Å². The van der Waals surface area contributed by atoms with Gasteiger partial charge in [0.15, 0.2) is 11.5 Å². The fourth-order valence-electron chi connectivity index (χ4n) is 1.69. The number of rotatable bonds is 5. The highest BCUT2D eigenvalue weighted by molar-refractivity contribution is 6.02. The Hall–Kier alpha value is -3.15. The van der Waals surface area contributed by atoms with Gasteiger partial charge in [0.05, 0.1) is 18.5 Å². The van der Waals surface area contributed by atoms with E-state index in [2.05, 4.69) is 22.1 Å². The van der Waals surface area contributed by atoms with E-state index in [1.165, 1.54) is 13.2 Å². The first kappa shape index (κ1) is 16.2. The van der Waals surface area contributed by atoms with Crippen LogP contribution in [0.5, 0.6) is 11.5 Å². The van der Waals surface area contributed by atoms with Crippen LogP contribution in [0.2, 0.25) is 0 Å². The molecule has 0 fully saturated rings. The average molecular weight is 311 g/mol. The number of carbonyl (C=O) groups is 1. The van der Waals surface area contributed by atoms with Crippen LogP contribution < -0.4 is 10.1 Å². The molecule has 0 heterocycles. The second kappa shape index (κ2) is 7.22. The zero-order valence-electron chi connectivity index (χ0n) is 12.9. The molecular weight excluding hydrogens is 294 g/mol. The summed E-state index contributed by atoms with van der Waals surface area (Å²) in [6.07, 6.45) is 0. The van der Waals surface area contributed by atoms with Gasteiger partial charge < -0.3 is 15.2 Å². The van der Waals surface area contributed by atoms with Crippen molar-refractivity contribution in [2.45, 2.75) is 6.92 Å². The topological polar surface area (TPSA) is 83.3 Å². The number of benzene rings is 2. The van der Waals surface area contributed by atoms with Gasteiger partial charge in [-0.3, -0.25) is 4.79 Å². The lowest BCUT2D eigenvalue weighted by Gasteiger charge is -2.04. The monoisotopic (exact) mass is 311 g/mol. The smallest absolute Gasteiger partial charge is 0.250 e. The largest absolute Gasteiger partial charge is 0.504 e. The summed E-state index contributed by atoms with van der Waals surface area (Å²) < 4.78 is 5.01. The number of aromatic hydroxyl groups is 1. The van der Waals surface area contributed by atoms with Crippen molar-refractivity contribution in [2.75, 3.05) is 12.4 Å². The van der Waals surface area contributed by atoms with Crippen molar-refractivity contribution in [3.05, 3.63) is 54.6 Å². The van der Waals surface area contributed by atoms with E-state index in [9.17, 15) is 9.90 Å². The highest BCUT2D eigenvalue weighted by Crippen LogP contribution is 2.30. The minimum atomic E-state index is -0.226. The normalized spacial score (nSPS) is 10.5. The van der Waals surface area contributed by atoms with Crippen molar-refractivity contribution >= 4 is 23.0 Å². The number of anilines is 1. The van der Waals surface area contributed by atoms with Crippen LogP contribution in [0, 0.1) is 0 Å². The molecular formula is C17H17N3O3. The van der Waals surface area contributed by atoms with Crippen molar-refractivity contribution in [3.63, 3.8) is 0 Å². The molecule has 23 heavy (non-hydrogen) atoms. The molecule has 0 unspecified atom stereocenters. The Morgan fingerprint density at radius 3 is 2.35 bits per heavy atom. The minimum absolute atomic E-state index is 0.0454. The molecule has 2 rings (SSSR count). The van der Waals surface area contributed by atoms with Gasteiger partial charge in [0.1, 0.15) is 0 Å². The summed E-state index contributed by atoms with van der Waals surface area (Å²) in [5, 5.41) is 20.4. The fourth-order valence-corrected chi connectivity index (χ4v) is 1.69. The van der Waals surface area contributed by atoms with Crippen LogP contribution in [-0.2, 0) is 4.79 Å². The number of phenolic OH excluding ortho intramolecular Hbond substituents is 1. The molecule has 0 atom stereocenters. The Balaban J connectivity index is 2.08. The van der Waals surface area contributed by atoms with Crippen LogP contribution in [-0.4, -0.2) is 18.1 Å². The van der Waals surface area contributed by atoms with Crippen molar-refractivity contribution in [2.24, 2.45) is 10.2 Å². The van der Waals surface area contributed by atoms with Crippen molar-refractivity contribution in [1.82, 2.24) is 0 Å². The number of phenols is 1. The molecule has 2 aromatic rings. The number of nitrogens with one attached hydrogen (secondary N) is 1. The lowest BCUT2D eigenvalue weighted by atomic mass is 10.2. The van der Waals surface area contributed by atoms with E-state index in [-0.39, 0.29) is 11.7 Å². The first-order valence-corrected chi connectivity index (χ1v) is 6.85. The van der Waals surface area contributed by atoms with Gasteiger partial charge in [-0.15, -0.1) is 0 Å². The van der Waals surface area contributed by atoms with Crippen LogP contribution in [0.3, 0.4) is 0 Å². The maximum atomic E-state index is 11.5. The third kappa shape index (κ3) is 4.41. The first-order chi connectivity index (χ1) is 11.0. The van der Waals surface area contributed by atoms with Gasteiger partial charge in [0.25, 0.3) is 5.91 Å². The molecule has 118 valence electrons. The summed E-state index contributed by atoms with van der Waals surface area (Å²) in [5.74, 6) is 0.152. The van der Waals surface area contributed by atoms with Crippen molar-refractivity contribution in [1.29, 1.82) is 0 Å². The molecule has 6 heteroatoms. The Kier molecular flexibility index (Phi) is 5.09. The van der Waals surface area contributed by atoms with Crippen LogP contribution in [0.1, 0.15) is 6.92 Å². The molecule has 6 nitrogen and oxygen atoms in total. The summed E-state index contributed by atoms with van der Waals surface area (Å²) in [5.41, 5.74) is 2.28. The molecule has 0 saturated carbocycles. The molecule has 1 amide bonds. The highest BCUT2D eigenvalue weighted by atomic mass is 16.5. The first-order valence-electron chi connectivity index (χ1n) is 6.85. The fraction of sp³-hybridized carbons (Fsp3) is 0.118. The van der Waals surface area contributed by atoms with E-state index in [0.29, 0.717) is 28.4 Å². The molecule has 2 N–H and O–H groups in total. The van der Waals surface area contributed by atoms with Gasteiger partial charge >= 0.3 is 0 Å². The second-order valence-corrected chi connectivity index (χ2v) is 4.84. The lowest BCUT2D eigenvalue weighted by molar-refractivity contribution is -0.112. The number of amides is 1. The molecule has 0 bridgehead atoms. The van der Waals surface area contributed by atoms with E-state index in [1.54, 1.807) is 43.3 Å². The summed E-state index contributed by atoms with van der Waals surface area (Å²) >= 11 is 0. The van der Waals surface area contributed by atoms with E-state index in [1.807, 2.05) is 0 Å². The molecule has 0 radical (unpaired) electrons. The summed E-state index contributed by atoms with van der Waals surface area (Å²) in [6.45, 7) is 5.22. The number of methoxy groups -OCH3 is 1. The lowest BCUT2D eigenvalue weighted by Crippen LogP contribution is -2.11. The van der Waals surface area contributed by atoms with Gasteiger partial charge in [-0.05, 0) is 43.3 Å². The number of hydrogen-bond acceptors (Lipinski definition) is 5. The summed E-state index contributed by atoms with van der Waals surface area (Å²) in [7, 11) is 1.47. The predicted octanol–water partition coefficient (Wildman–Crippen LogP) is 4.33. The van der Waals surface area contributed by atoms with Crippen LogP contribution in [0.15, 0.2) is 64.8 Å². The third-order valence-electron chi connectivity index (χ3n) is 2.96. The molecule has 0 aromatic heterocycles. The maximum Gasteiger partial charge on any atom is 0.250 e. The number of carbonyl (C=O) groups excluding carboxylic acids is 1. The van der Waals surface area contributed by atoms with E-state index < -0.39 is 0 Å². The number of nitrogens with zero attached hydrogens (tertiary/aromatic N) is 2. The zero-order chi connectivity index (χ0) is 16.8. The quantitative estimate of drug-likeness (QED) is 0.636. The zero-order valence-corrected chi connectivity index (χ0v) is 12.9. The standard InChI is InChI=1S/C17H17N3O3/c1-11(2)17(22)18-12-4-6-13(7-5-12)19-20-14-8-9-15(21)16(10-14)23-3/h4-10,21H,1H2,2-3H3,(H,18,22)/b20-19+. The molecule has 0 aliphatic carbocycles. The van der Waals surface area contributed by atoms with Crippen molar-refractivity contribution < 1.29 is 14.6 Å². The molecule has 2 aromatic carbocycles. The molecule has 0 spiro atoms. The van der Waals surface area contributed by atoms with Crippen LogP contribution >= 0.6 is 0 Å². The van der Waals surface area contributed by atoms with Crippen LogP contribution in [0.4, 0.5) is 17.1 Å². The SMILES string of the molecule is C=C(C)C(=O)Nc1ccc(/N=N/c2ccc(O)c(OC)c2)cc1. The minimum Gasteiger partial charge on any atom is -0.504 e. The predicted molar refractivity (Wildman–Crippen MR) is 88.7 cm³/mol. The summed E-state index contributed by atoms with van der Waals surface area (Å²) in [6, 6.07) is 11.6. The van der Waals surface area contributed by atoms with Crippen molar-refractivity contribution in [3.8, 4) is 11.5 Å². The van der Waals surface area contributed by atoms with Gasteiger partial charge in [-0.1, -0.05) is 6.58 Å². The van der Waals surface area contributed by atoms with E-state index >= 15 is 0 Å². The Morgan fingerprint density at radius 2 is 1.74 bits per heavy atom. The summed E-state index contributed by atoms with van der Waals surface area (Å²) in [4.78, 5) is 11.5. The number of hydrogen-bond donors (Lipinski definition) is 2. The molecule has 0 aliphatic rings. The average Bonchev–Trinajstić information content (AvgIpc) is 2.55. The molecule has 0 saturated heterocycles. The Bertz CT molecular complexity index is 752. The van der Waals surface area contributed by atoms with Gasteiger partial charge in [0.2, 0.25) is 0 Å².